The van der Waals surface area contributed by atoms with Gasteiger partial charge < -0.3 is 19.7 Å². The van der Waals surface area contributed by atoms with E-state index in [1.54, 1.807) is 29.2 Å². The van der Waals surface area contributed by atoms with Crippen molar-refractivity contribution in [3.63, 3.8) is 0 Å². The molecular weight excluding hydrogens is 334 g/mol. The van der Waals surface area contributed by atoms with Crippen molar-refractivity contribution < 1.29 is 19.1 Å². The summed E-state index contributed by atoms with van der Waals surface area (Å²) in [5.41, 5.74) is 0. The lowest BCUT2D eigenvalue weighted by Crippen LogP contribution is -2.42. The summed E-state index contributed by atoms with van der Waals surface area (Å²) in [5.74, 6) is 1.45. The van der Waals surface area contributed by atoms with E-state index in [4.69, 9.17) is 14.7 Å². The summed E-state index contributed by atoms with van der Waals surface area (Å²) < 4.78 is 10.8. The molecule has 7 heteroatoms. The largest absolute Gasteiger partial charge is 0.494 e. The van der Waals surface area contributed by atoms with Crippen LogP contribution >= 0.6 is 0 Å². The summed E-state index contributed by atoms with van der Waals surface area (Å²) in [6.07, 6.45) is 1.60. The van der Waals surface area contributed by atoms with Gasteiger partial charge in [-0.25, -0.2) is 0 Å². The first kappa shape index (κ1) is 19.6. The van der Waals surface area contributed by atoms with Gasteiger partial charge in [0.2, 0.25) is 5.91 Å². The minimum absolute atomic E-state index is 0.0342. The number of carbonyl (C=O) groups excluding carboxylic acids is 2. The first-order valence-electron chi connectivity index (χ1n) is 8.89. The molecule has 1 saturated heterocycles. The van der Waals surface area contributed by atoms with Crippen molar-refractivity contribution in [2.45, 2.75) is 26.2 Å². The third-order valence-electron chi connectivity index (χ3n) is 4.29. The number of hydrogen-bond acceptors (Lipinski definition) is 5. The van der Waals surface area contributed by atoms with Crippen LogP contribution < -0.4 is 14.8 Å². The molecule has 0 spiro atoms. The Bertz CT molecular complexity index is 631. The predicted octanol–water partition coefficient (Wildman–Crippen LogP) is 1.73. The fourth-order valence-corrected chi connectivity index (χ4v) is 2.82. The molecule has 0 atom stereocenters. The van der Waals surface area contributed by atoms with E-state index in [0.29, 0.717) is 37.9 Å². The number of amides is 2. The number of nitrogens with zero attached hydrogens (tertiary/aromatic N) is 2. The van der Waals surface area contributed by atoms with Crippen molar-refractivity contribution >= 4 is 11.8 Å². The van der Waals surface area contributed by atoms with Gasteiger partial charge in [0.05, 0.1) is 12.7 Å². The fraction of sp³-hybridized carbons (Fsp3) is 0.526. The second-order valence-corrected chi connectivity index (χ2v) is 6.16. The fourth-order valence-electron chi connectivity index (χ4n) is 2.82. The molecule has 0 bridgehead atoms. The van der Waals surface area contributed by atoms with Crippen molar-refractivity contribution in [3.8, 4) is 17.6 Å². The molecule has 1 fully saturated rings. The molecule has 0 aliphatic carbocycles. The van der Waals surface area contributed by atoms with E-state index in [-0.39, 0.29) is 24.8 Å². The second kappa shape index (κ2) is 10.3. The van der Waals surface area contributed by atoms with Gasteiger partial charge >= 0.3 is 0 Å². The molecule has 0 unspecified atom stereocenters. The first-order chi connectivity index (χ1) is 12.6. The number of hydrogen-bond donors (Lipinski definition) is 1. The quantitative estimate of drug-likeness (QED) is 0.763. The summed E-state index contributed by atoms with van der Waals surface area (Å²) in [6.45, 7) is 4.35. The molecule has 1 N–H and O–H groups in total. The smallest absolute Gasteiger partial charge is 0.257 e. The summed E-state index contributed by atoms with van der Waals surface area (Å²) in [5, 5.41) is 11.5. The number of piperidine rings is 1. The number of nitrogens with one attached hydrogen (secondary N) is 1. The maximum absolute atomic E-state index is 11.9. The highest BCUT2D eigenvalue weighted by Gasteiger charge is 2.22. The van der Waals surface area contributed by atoms with Crippen LogP contribution in [0.4, 0.5) is 0 Å². The Kier molecular flexibility index (Phi) is 7.75. The van der Waals surface area contributed by atoms with Gasteiger partial charge in [0.15, 0.2) is 6.61 Å². The zero-order valence-electron chi connectivity index (χ0n) is 15.1. The number of benzene rings is 1. The Morgan fingerprint density at radius 2 is 1.81 bits per heavy atom. The Labute approximate surface area is 153 Å². The van der Waals surface area contributed by atoms with Crippen molar-refractivity contribution in [1.82, 2.24) is 10.2 Å². The molecule has 0 aromatic heterocycles. The standard InChI is InChI=1S/C19H25N3O4/c1-2-25-16-3-5-17(6-4-16)26-14-18(23)21-13-15-8-11-22(12-9-15)19(24)7-10-20/h3-6,15H,2,7-9,11-14H2,1H3,(H,21,23). The molecule has 7 nitrogen and oxygen atoms in total. The molecule has 1 aromatic rings. The average molecular weight is 359 g/mol. The van der Waals surface area contributed by atoms with E-state index in [1.165, 1.54) is 0 Å². The lowest BCUT2D eigenvalue weighted by molar-refractivity contribution is -0.131. The Balaban J connectivity index is 1.63. The monoisotopic (exact) mass is 359 g/mol. The highest BCUT2D eigenvalue weighted by molar-refractivity contribution is 5.78. The van der Waals surface area contributed by atoms with Gasteiger partial charge in [0, 0.05) is 19.6 Å². The van der Waals surface area contributed by atoms with Gasteiger partial charge in [-0.3, -0.25) is 9.59 Å². The molecule has 26 heavy (non-hydrogen) atoms. The van der Waals surface area contributed by atoms with E-state index in [2.05, 4.69) is 5.32 Å². The highest BCUT2D eigenvalue weighted by atomic mass is 16.5. The number of rotatable bonds is 8. The van der Waals surface area contributed by atoms with Crippen LogP contribution in [0.5, 0.6) is 11.5 Å². The zero-order valence-corrected chi connectivity index (χ0v) is 15.1. The van der Waals surface area contributed by atoms with E-state index in [0.717, 1.165) is 18.6 Å². The number of carbonyl (C=O) groups is 2. The second-order valence-electron chi connectivity index (χ2n) is 6.16. The first-order valence-corrected chi connectivity index (χ1v) is 8.89. The number of likely N-dealkylation sites (tertiary alicyclic amines) is 1. The van der Waals surface area contributed by atoms with Crippen LogP contribution in [0.25, 0.3) is 0 Å². The van der Waals surface area contributed by atoms with Crippen LogP contribution in [0.1, 0.15) is 26.2 Å². The van der Waals surface area contributed by atoms with Crippen molar-refractivity contribution in [2.75, 3.05) is 32.8 Å². The van der Waals surface area contributed by atoms with Gasteiger partial charge in [0.1, 0.15) is 17.9 Å². The molecule has 0 radical (unpaired) electrons. The molecule has 0 saturated carbocycles. The third kappa shape index (κ3) is 6.28. The normalized spacial score (nSPS) is 14.4. The molecule has 2 rings (SSSR count). The van der Waals surface area contributed by atoms with Gasteiger partial charge in [-0.05, 0) is 49.9 Å². The van der Waals surface area contributed by atoms with E-state index in [1.807, 2.05) is 13.0 Å². The predicted molar refractivity (Wildman–Crippen MR) is 95.6 cm³/mol. The summed E-state index contributed by atoms with van der Waals surface area (Å²) >= 11 is 0. The van der Waals surface area contributed by atoms with E-state index >= 15 is 0 Å². The molecule has 1 aromatic carbocycles. The van der Waals surface area contributed by atoms with E-state index in [9.17, 15) is 9.59 Å². The van der Waals surface area contributed by atoms with Crippen LogP contribution in [-0.4, -0.2) is 49.6 Å². The van der Waals surface area contributed by atoms with Gasteiger partial charge in [-0.15, -0.1) is 0 Å². The zero-order chi connectivity index (χ0) is 18.8. The minimum atomic E-state index is -0.165. The topological polar surface area (TPSA) is 91.7 Å². The van der Waals surface area contributed by atoms with Crippen LogP contribution in [0.3, 0.4) is 0 Å². The molecule has 1 aliphatic heterocycles. The maximum Gasteiger partial charge on any atom is 0.257 e. The Morgan fingerprint density at radius 3 is 2.38 bits per heavy atom. The average Bonchev–Trinajstić information content (AvgIpc) is 2.66. The van der Waals surface area contributed by atoms with Crippen LogP contribution in [-0.2, 0) is 9.59 Å². The van der Waals surface area contributed by atoms with Crippen molar-refractivity contribution in [1.29, 1.82) is 5.26 Å². The maximum atomic E-state index is 11.9. The van der Waals surface area contributed by atoms with Crippen molar-refractivity contribution in [2.24, 2.45) is 5.92 Å². The Hall–Kier alpha value is -2.75. The summed E-state index contributed by atoms with van der Waals surface area (Å²) in [4.78, 5) is 25.3. The summed E-state index contributed by atoms with van der Waals surface area (Å²) in [6, 6.07) is 9.03. The van der Waals surface area contributed by atoms with E-state index < -0.39 is 0 Å². The van der Waals surface area contributed by atoms with Crippen LogP contribution in [0.2, 0.25) is 0 Å². The Morgan fingerprint density at radius 1 is 1.19 bits per heavy atom. The molecule has 1 heterocycles. The van der Waals surface area contributed by atoms with Gasteiger partial charge in [-0.1, -0.05) is 0 Å². The minimum Gasteiger partial charge on any atom is -0.494 e. The molecule has 140 valence electrons. The van der Waals surface area contributed by atoms with Crippen LogP contribution in [0, 0.1) is 17.2 Å². The lowest BCUT2D eigenvalue weighted by Gasteiger charge is -2.31. The molecule has 1 aliphatic rings. The number of nitriles is 1. The third-order valence-corrected chi connectivity index (χ3v) is 4.29. The highest BCUT2D eigenvalue weighted by Crippen LogP contribution is 2.18. The van der Waals surface area contributed by atoms with Crippen molar-refractivity contribution in [3.05, 3.63) is 24.3 Å². The lowest BCUT2D eigenvalue weighted by atomic mass is 9.96. The van der Waals surface area contributed by atoms with Crippen LogP contribution in [0.15, 0.2) is 24.3 Å². The molecular formula is C19H25N3O4. The molecule has 2 amide bonds. The number of ether oxygens (including phenoxy) is 2. The van der Waals surface area contributed by atoms with Gasteiger partial charge in [-0.2, -0.15) is 5.26 Å². The SMILES string of the molecule is CCOc1ccc(OCC(=O)NCC2CCN(C(=O)CC#N)CC2)cc1. The summed E-state index contributed by atoms with van der Waals surface area (Å²) in [7, 11) is 0. The van der Waals surface area contributed by atoms with Gasteiger partial charge in [0.25, 0.3) is 5.91 Å².